The summed E-state index contributed by atoms with van der Waals surface area (Å²) in [4.78, 5) is 0. The highest BCUT2D eigenvalue weighted by atomic mass is 28.4. The summed E-state index contributed by atoms with van der Waals surface area (Å²) in [6, 6.07) is 0. The van der Waals surface area contributed by atoms with Gasteiger partial charge in [-0.2, -0.15) is 0 Å². The van der Waals surface area contributed by atoms with Crippen LogP contribution in [0.5, 0.6) is 0 Å². The van der Waals surface area contributed by atoms with Gasteiger partial charge in [-0.1, -0.05) is 71.8 Å². The van der Waals surface area contributed by atoms with E-state index in [9.17, 15) is 0 Å². The first kappa shape index (κ1) is 22.6. The van der Waals surface area contributed by atoms with Crippen molar-refractivity contribution in [1.29, 1.82) is 0 Å². The Balaban J connectivity index is 3.97. The third kappa shape index (κ3) is 12.7. The minimum Gasteiger partial charge on any atom is -0.388 e. The third-order valence-electron chi connectivity index (χ3n) is 3.92. The van der Waals surface area contributed by atoms with Crippen molar-refractivity contribution in [1.82, 2.24) is 0 Å². The summed E-state index contributed by atoms with van der Waals surface area (Å²) >= 11 is 0. The van der Waals surface area contributed by atoms with Gasteiger partial charge in [-0.3, -0.25) is 0 Å². The first-order valence-corrected chi connectivity index (χ1v) is 11.8. The monoisotopic (exact) mass is 340 g/mol. The fraction of sp³-hybridized carbons (Fsp3) is 0.800. The van der Waals surface area contributed by atoms with Crippen molar-refractivity contribution in [2.45, 2.75) is 91.4 Å². The van der Waals surface area contributed by atoms with E-state index in [4.69, 9.17) is 8.85 Å². The lowest BCUT2D eigenvalue weighted by atomic mass is 10.1. The fourth-order valence-electron chi connectivity index (χ4n) is 2.49. The average Bonchev–Trinajstić information content (AvgIpc) is 2.58. The maximum atomic E-state index is 6.02. The smallest absolute Gasteiger partial charge is 0.388 e. The zero-order valence-corrected chi connectivity index (χ0v) is 16.9. The Morgan fingerprint density at radius 3 is 1.74 bits per heavy atom. The van der Waals surface area contributed by atoms with Crippen LogP contribution in [-0.2, 0) is 8.85 Å². The molecule has 0 saturated heterocycles. The van der Waals surface area contributed by atoms with E-state index in [1.54, 1.807) is 0 Å². The molecule has 0 aliphatic rings. The molecule has 0 atom stereocenters. The van der Waals surface area contributed by atoms with Crippen LogP contribution < -0.4 is 0 Å². The van der Waals surface area contributed by atoms with E-state index >= 15 is 0 Å². The van der Waals surface area contributed by atoms with E-state index in [0.717, 1.165) is 32.5 Å². The highest BCUT2D eigenvalue weighted by molar-refractivity contribution is 6.77. The molecule has 0 N–H and O–H groups in total. The number of allylic oxidation sites excluding steroid dienone is 1. The quantitative estimate of drug-likeness (QED) is 0.218. The van der Waals surface area contributed by atoms with Crippen molar-refractivity contribution in [3.05, 3.63) is 24.1 Å². The molecule has 136 valence electrons. The van der Waals surface area contributed by atoms with E-state index in [1.807, 2.05) is 5.70 Å². The minimum atomic E-state index is -2.32. The third-order valence-corrected chi connectivity index (χ3v) is 6.50. The Bertz CT molecular complexity index is 281. The zero-order valence-electron chi connectivity index (χ0n) is 15.9. The molecule has 23 heavy (non-hydrogen) atoms. The summed E-state index contributed by atoms with van der Waals surface area (Å²) < 4.78 is 12.0. The predicted octanol–water partition coefficient (Wildman–Crippen LogP) is 6.63. The molecule has 0 aliphatic heterocycles. The summed E-state index contributed by atoms with van der Waals surface area (Å²) in [7, 11) is -2.32. The highest BCUT2D eigenvalue weighted by Crippen LogP contribution is 2.14. The van der Waals surface area contributed by atoms with Gasteiger partial charge in [0.1, 0.15) is 0 Å². The molecule has 3 heteroatoms. The molecule has 0 aliphatic carbocycles. The van der Waals surface area contributed by atoms with Crippen LogP contribution in [-0.4, -0.2) is 21.8 Å². The van der Waals surface area contributed by atoms with Crippen molar-refractivity contribution in [2.75, 3.05) is 13.2 Å². The van der Waals surface area contributed by atoms with Gasteiger partial charge < -0.3 is 8.85 Å². The van der Waals surface area contributed by atoms with Crippen LogP contribution in [0.1, 0.15) is 91.4 Å². The molecule has 0 radical (unpaired) electrons. The first-order chi connectivity index (χ1) is 11.2. The second-order valence-corrected chi connectivity index (χ2v) is 9.05. The molecule has 0 heterocycles. The Kier molecular flexibility index (Phi) is 16.2. The lowest BCUT2D eigenvalue weighted by Crippen LogP contribution is -2.39. The average molecular weight is 341 g/mol. The van der Waals surface area contributed by atoms with Crippen molar-refractivity contribution < 1.29 is 8.85 Å². The summed E-state index contributed by atoms with van der Waals surface area (Å²) in [6.45, 7) is 12.0. The topological polar surface area (TPSA) is 18.5 Å². The largest absolute Gasteiger partial charge is 0.391 e. The predicted molar refractivity (Wildman–Crippen MR) is 105 cm³/mol. The van der Waals surface area contributed by atoms with E-state index in [-0.39, 0.29) is 0 Å². The van der Waals surface area contributed by atoms with Crippen LogP contribution in [0.3, 0.4) is 0 Å². The number of hydrogen-bond acceptors (Lipinski definition) is 2. The number of unbranched alkanes of at least 4 members (excludes halogenated alkanes) is 8. The van der Waals surface area contributed by atoms with Gasteiger partial charge >= 0.3 is 8.56 Å². The lowest BCUT2D eigenvalue weighted by Gasteiger charge is -2.24. The van der Waals surface area contributed by atoms with Crippen LogP contribution in [0.25, 0.3) is 0 Å². The standard InChI is InChI=1S/C20H40O2Si/c1-5-9-10-11-12-13-14-15-16-17-20-23(8-4,21-18-6-2)22-19-7-3/h8,17,20H,4-7,9-16,18-19H2,1-3H3. The van der Waals surface area contributed by atoms with Crippen molar-refractivity contribution in [3.63, 3.8) is 0 Å². The van der Waals surface area contributed by atoms with Gasteiger partial charge in [0.05, 0.1) is 0 Å². The van der Waals surface area contributed by atoms with E-state index < -0.39 is 8.56 Å². The van der Waals surface area contributed by atoms with Crippen molar-refractivity contribution in [3.8, 4) is 0 Å². The van der Waals surface area contributed by atoms with Crippen LogP contribution >= 0.6 is 0 Å². The Labute approximate surface area is 146 Å². The second kappa shape index (κ2) is 16.5. The van der Waals surface area contributed by atoms with Gasteiger partial charge in [-0.05, 0) is 37.1 Å². The van der Waals surface area contributed by atoms with Gasteiger partial charge in [0.25, 0.3) is 0 Å². The molecule has 2 nitrogen and oxygen atoms in total. The Hall–Kier alpha value is -0.383. The van der Waals surface area contributed by atoms with E-state index in [1.165, 1.54) is 51.4 Å². The van der Waals surface area contributed by atoms with Gasteiger partial charge in [-0.25, -0.2) is 0 Å². The maximum absolute atomic E-state index is 6.02. The number of hydrogen-bond donors (Lipinski definition) is 0. The number of rotatable bonds is 17. The van der Waals surface area contributed by atoms with Crippen molar-refractivity contribution >= 4 is 8.56 Å². The molecule has 0 unspecified atom stereocenters. The first-order valence-electron chi connectivity index (χ1n) is 9.83. The van der Waals surface area contributed by atoms with Crippen molar-refractivity contribution in [2.24, 2.45) is 0 Å². The molecule has 0 bridgehead atoms. The molecule has 0 spiro atoms. The minimum absolute atomic E-state index is 0.754. The zero-order chi connectivity index (χ0) is 17.2. The molecule has 0 amide bonds. The van der Waals surface area contributed by atoms with Gasteiger partial charge in [0.2, 0.25) is 0 Å². The molecule has 0 fully saturated rings. The molecule has 0 aromatic heterocycles. The molecule has 0 saturated carbocycles. The van der Waals surface area contributed by atoms with E-state index in [0.29, 0.717) is 0 Å². The normalized spacial score (nSPS) is 12.1. The van der Waals surface area contributed by atoms with Gasteiger partial charge in [0.15, 0.2) is 0 Å². The molecule has 0 aromatic carbocycles. The summed E-state index contributed by atoms with van der Waals surface area (Å²) in [6.07, 6.45) is 16.4. The van der Waals surface area contributed by atoms with Crippen LogP contribution in [0, 0.1) is 0 Å². The Morgan fingerprint density at radius 1 is 0.739 bits per heavy atom. The van der Waals surface area contributed by atoms with Gasteiger partial charge in [-0.15, -0.1) is 6.58 Å². The summed E-state index contributed by atoms with van der Waals surface area (Å²) in [5.41, 5.74) is 4.11. The highest BCUT2D eigenvalue weighted by Gasteiger charge is 2.30. The van der Waals surface area contributed by atoms with Gasteiger partial charge in [0, 0.05) is 13.2 Å². The molecule has 0 rings (SSSR count). The summed E-state index contributed by atoms with van der Waals surface area (Å²) in [5.74, 6) is 0. The SMILES string of the molecule is C=C[Si](C=CCCCCCCCCCC)(OCCC)OCCC. The maximum Gasteiger partial charge on any atom is 0.391 e. The summed E-state index contributed by atoms with van der Waals surface area (Å²) in [5, 5.41) is 0. The van der Waals surface area contributed by atoms with E-state index in [2.05, 4.69) is 39.1 Å². The van der Waals surface area contributed by atoms with Crippen LogP contribution in [0.15, 0.2) is 24.1 Å². The van der Waals surface area contributed by atoms with Crippen LogP contribution in [0.4, 0.5) is 0 Å². The van der Waals surface area contributed by atoms with Crippen LogP contribution in [0.2, 0.25) is 0 Å². The lowest BCUT2D eigenvalue weighted by molar-refractivity contribution is 0.189. The fourth-order valence-corrected chi connectivity index (χ4v) is 4.68. The molecular formula is C20H40O2Si. The second-order valence-electron chi connectivity index (χ2n) is 6.29. The molecular weight excluding hydrogens is 300 g/mol. The molecule has 0 aromatic rings. The Morgan fingerprint density at radius 2 is 1.26 bits per heavy atom.